The zero-order valence-corrected chi connectivity index (χ0v) is 8.53. The summed E-state index contributed by atoms with van der Waals surface area (Å²) in [6, 6.07) is 12.5. The maximum atomic E-state index is 12.9. The van der Waals surface area contributed by atoms with E-state index >= 15 is 0 Å². The van der Waals surface area contributed by atoms with E-state index in [1.165, 1.54) is 24.3 Å². The fraction of sp³-hybridized carbons (Fsp3) is 0. The fourth-order valence-electron chi connectivity index (χ4n) is 1.41. The highest BCUT2D eigenvalue weighted by Crippen LogP contribution is 2.10. The Bertz CT molecular complexity index is 468. The van der Waals surface area contributed by atoms with Gasteiger partial charge in [-0.1, -0.05) is 36.4 Å². The number of hydrogen-bond donors (Lipinski definition) is 0. The van der Waals surface area contributed by atoms with Gasteiger partial charge in [-0.25, -0.2) is 8.78 Å². The molecule has 0 aliphatic heterocycles. The van der Waals surface area contributed by atoms with Crippen LogP contribution in [0.1, 0.15) is 11.1 Å². The molecule has 0 saturated carbocycles. The maximum absolute atomic E-state index is 12.9. The SMILES string of the molecule is Fc1cccc(/C=C\c2cccc(F)c2)c1. The molecule has 0 atom stereocenters. The fourth-order valence-corrected chi connectivity index (χ4v) is 1.41. The molecule has 2 aromatic rings. The van der Waals surface area contributed by atoms with Crippen LogP contribution in [0.5, 0.6) is 0 Å². The van der Waals surface area contributed by atoms with E-state index in [9.17, 15) is 8.78 Å². The second-order valence-electron chi connectivity index (χ2n) is 3.44. The molecular weight excluding hydrogens is 206 g/mol. The summed E-state index contributed by atoms with van der Waals surface area (Å²) in [7, 11) is 0. The summed E-state index contributed by atoms with van der Waals surface area (Å²) in [5, 5.41) is 0. The van der Waals surface area contributed by atoms with Crippen molar-refractivity contribution < 1.29 is 8.78 Å². The minimum Gasteiger partial charge on any atom is -0.207 e. The Morgan fingerprint density at radius 3 is 1.50 bits per heavy atom. The molecular formula is C14H10F2. The minimum atomic E-state index is -0.276. The van der Waals surface area contributed by atoms with E-state index in [0.717, 1.165) is 11.1 Å². The summed E-state index contributed by atoms with van der Waals surface area (Å²) < 4.78 is 25.7. The summed E-state index contributed by atoms with van der Waals surface area (Å²) >= 11 is 0. The van der Waals surface area contributed by atoms with Crippen LogP contribution >= 0.6 is 0 Å². The van der Waals surface area contributed by atoms with Crippen molar-refractivity contribution in [2.24, 2.45) is 0 Å². The molecule has 0 aliphatic rings. The van der Waals surface area contributed by atoms with Crippen LogP contribution in [0.2, 0.25) is 0 Å². The van der Waals surface area contributed by atoms with E-state index in [1.54, 1.807) is 36.4 Å². The van der Waals surface area contributed by atoms with Gasteiger partial charge in [-0.2, -0.15) is 0 Å². The van der Waals surface area contributed by atoms with Crippen LogP contribution in [-0.2, 0) is 0 Å². The summed E-state index contributed by atoms with van der Waals surface area (Å²) in [4.78, 5) is 0. The normalized spacial score (nSPS) is 10.9. The van der Waals surface area contributed by atoms with Crippen molar-refractivity contribution in [3.05, 3.63) is 71.3 Å². The smallest absolute Gasteiger partial charge is 0.123 e. The first-order chi connectivity index (χ1) is 7.74. The molecule has 0 saturated heterocycles. The Kier molecular flexibility index (Phi) is 3.10. The number of rotatable bonds is 2. The molecule has 0 fully saturated rings. The molecule has 2 aromatic carbocycles. The maximum Gasteiger partial charge on any atom is 0.123 e. The van der Waals surface area contributed by atoms with E-state index in [2.05, 4.69) is 0 Å². The van der Waals surface area contributed by atoms with E-state index in [1.807, 2.05) is 0 Å². The number of hydrogen-bond acceptors (Lipinski definition) is 0. The quantitative estimate of drug-likeness (QED) is 0.662. The molecule has 0 radical (unpaired) electrons. The highest BCUT2D eigenvalue weighted by Gasteiger charge is 1.92. The molecule has 2 heteroatoms. The zero-order valence-electron chi connectivity index (χ0n) is 8.53. The van der Waals surface area contributed by atoms with Gasteiger partial charge in [0.1, 0.15) is 11.6 Å². The summed E-state index contributed by atoms with van der Waals surface area (Å²) in [5.74, 6) is -0.553. The van der Waals surface area contributed by atoms with Gasteiger partial charge >= 0.3 is 0 Å². The van der Waals surface area contributed by atoms with E-state index in [0.29, 0.717) is 0 Å². The molecule has 0 amide bonds. The predicted octanol–water partition coefficient (Wildman–Crippen LogP) is 4.14. The average molecular weight is 216 g/mol. The standard InChI is InChI=1S/C14H10F2/c15-13-5-1-3-11(9-13)7-8-12-4-2-6-14(16)10-12/h1-10H/b8-7-. The third-order valence-corrected chi connectivity index (χ3v) is 2.17. The molecule has 0 heterocycles. The van der Waals surface area contributed by atoms with Crippen molar-refractivity contribution in [3.8, 4) is 0 Å². The van der Waals surface area contributed by atoms with E-state index in [-0.39, 0.29) is 11.6 Å². The van der Waals surface area contributed by atoms with Crippen LogP contribution in [0.4, 0.5) is 8.78 Å². The molecule has 80 valence electrons. The van der Waals surface area contributed by atoms with Crippen LogP contribution in [0, 0.1) is 11.6 Å². The van der Waals surface area contributed by atoms with E-state index in [4.69, 9.17) is 0 Å². The van der Waals surface area contributed by atoms with Gasteiger partial charge in [-0.05, 0) is 35.4 Å². The van der Waals surface area contributed by atoms with Crippen molar-refractivity contribution in [2.45, 2.75) is 0 Å². The lowest BCUT2D eigenvalue weighted by molar-refractivity contribution is 0.627. The monoisotopic (exact) mass is 216 g/mol. The van der Waals surface area contributed by atoms with Crippen LogP contribution in [0.15, 0.2) is 48.5 Å². The Morgan fingerprint density at radius 1 is 0.688 bits per heavy atom. The lowest BCUT2D eigenvalue weighted by Crippen LogP contribution is -1.77. The highest BCUT2D eigenvalue weighted by atomic mass is 19.1. The first-order valence-corrected chi connectivity index (χ1v) is 4.93. The van der Waals surface area contributed by atoms with Crippen LogP contribution in [-0.4, -0.2) is 0 Å². The summed E-state index contributed by atoms with van der Waals surface area (Å²) in [6.45, 7) is 0. The van der Waals surface area contributed by atoms with Gasteiger partial charge < -0.3 is 0 Å². The first-order valence-electron chi connectivity index (χ1n) is 4.93. The molecule has 0 aromatic heterocycles. The van der Waals surface area contributed by atoms with Gasteiger partial charge in [0.15, 0.2) is 0 Å². The second kappa shape index (κ2) is 4.71. The molecule has 2 rings (SSSR count). The Balaban J connectivity index is 2.21. The van der Waals surface area contributed by atoms with Crippen molar-refractivity contribution >= 4 is 12.2 Å². The van der Waals surface area contributed by atoms with Crippen molar-refractivity contribution in [2.75, 3.05) is 0 Å². The zero-order chi connectivity index (χ0) is 11.4. The lowest BCUT2D eigenvalue weighted by Gasteiger charge is -1.95. The van der Waals surface area contributed by atoms with E-state index < -0.39 is 0 Å². The second-order valence-corrected chi connectivity index (χ2v) is 3.44. The Morgan fingerprint density at radius 2 is 1.12 bits per heavy atom. The average Bonchev–Trinajstić information content (AvgIpc) is 2.27. The predicted molar refractivity (Wildman–Crippen MR) is 61.7 cm³/mol. The third-order valence-electron chi connectivity index (χ3n) is 2.17. The Labute approximate surface area is 92.9 Å². The van der Waals surface area contributed by atoms with Crippen LogP contribution in [0.25, 0.3) is 12.2 Å². The first kappa shape index (κ1) is 10.6. The highest BCUT2D eigenvalue weighted by molar-refractivity contribution is 5.69. The molecule has 0 N–H and O–H groups in total. The molecule has 0 bridgehead atoms. The molecule has 0 unspecified atom stereocenters. The van der Waals surface area contributed by atoms with Gasteiger partial charge in [0.2, 0.25) is 0 Å². The third kappa shape index (κ3) is 2.76. The molecule has 16 heavy (non-hydrogen) atoms. The lowest BCUT2D eigenvalue weighted by atomic mass is 10.1. The van der Waals surface area contributed by atoms with Crippen molar-refractivity contribution in [1.82, 2.24) is 0 Å². The van der Waals surface area contributed by atoms with Crippen LogP contribution < -0.4 is 0 Å². The van der Waals surface area contributed by atoms with Gasteiger partial charge in [-0.3, -0.25) is 0 Å². The van der Waals surface area contributed by atoms with Crippen molar-refractivity contribution in [1.29, 1.82) is 0 Å². The number of benzene rings is 2. The largest absolute Gasteiger partial charge is 0.207 e. The van der Waals surface area contributed by atoms with Gasteiger partial charge in [0.05, 0.1) is 0 Å². The summed E-state index contributed by atoms with van der Waals surface area (Å²) in [6.07, 6.45) is 3.50. The topological polar surface area (TPSA) is 0 Å². The molecule has 0 aliphatic carbocycles. The van der Waals surface area contributed by atoms with Gasteiger partial charge in [0, 0.05) is 0 Å². The van der Waals surface area contributed by atoms with Crippen LogP contribution in [0.3, 0.4) is 0 Å². The van der Waals surface area contributed by atoms with Gasteiger partial charge in [0.25, 0.3) is 0 Å². The molecule has 0 nitrogen and oxygen atoms in total. The minimum absolute atomic E-state index is 0.276. The molecule has 0 spiro atoms. The Hall–Kier alpha value is -1.96. The van der Waals surface area contributed by atoms with Crippen molar-refractivity contribution in [3.63, 3.8) is 0 Å². The van der Waals surface area contributed by atoms with Gasteiger partial charge in [-0.15, -0.1) is 0 Å². The summed E-state index contributed by atoms with van der Waals surface area (Å²) in [5.41, 5.74) is 1.51. The number of halogens is 2.